The Morgan fingerprint density at radius 2 is 0.482 bits per heavy atom. The van der Waals surface area contributed by atoms with Crippen LogP contribution < -0.4 is 0 Å². The van der Waals surface area contributed by atoms with Gasteiger partial charge in [-0.05, 0) is 122 Å². The number of rotatable bonds is 64. The fraction of sp³-hybridized carbons (Fsp3) is 0.727. The molecule has 0 aromatic heterocycles. The van der Waals surface area contributed by atoms with Crippen LogP contribution in [0.15, 0.2) is 109 Å². The monoisotopic (exact) mass is 1150 g/mol. The van der Waals surface area contributed by atoms with E-state index in [-0.39, 0.29) is 31.1 Å². The van der Waals surface area contributed by atoms with Crippen LogP contribution in [0, 0.1) is 0 Å². The summed E-state index contributed by atoms with van der Waals surface area (Å²) in [6, 6.07) is 0. The van der Waals surface area contributed by atoms with Crippen LogP contribution in [0.3, 0.4) is 0 Å². The Balaban J connectivity index is 4.18. The zero-order valence-corrected chi connectivity index (χ0v) is 54.7. The minimum Gasteiger partial charge on any atom is -0.462 e. The van der Waals surface area contributed by atoms with Gasteiger partial charge >= 0.3 is 17.9 Å². The number of unbranched alkanes of at least 4 members (excludes halogenated alkanes) is 35. The van der Waals surface area contributed by atoms with Gasteiger partial charge in [0.05, 0.1) is 0 Å². The van der Waals surface area contributed by atoms with Crippen LogP contribution in [0.5, 0.6) is 0 Å². The Labute approximate surface area is 514 Å². The standard InChI is InChI=1S/C77H132O6/c1-4-7-10-13-16-19-22-25-28-30-31-32-33-34-35-36-37-38-39-40-41-42-43-44-45-46-47-48-50-52-55-58-61-64-67-70-76(79)82-73-74(72-81-75(78)69-66-63-60-57-54-51-27-24-21-18-15-12-9-6-3)83-77(80)71-68-65-62-59-56-53-49-29-26-23-20-17-14-11-8-5-2/h7,10,15-16,18-19,24-25,27-29,31-32,34-35,37-38,49,74H,4-6,8-9,11-14,17,20-23,26,30,33,36,39-48,50-73H2,1-3H3/b10-7-,18-15-,19-16-,27-24-,28-25-,32-31-,35-34-,38-37-,49-29-. The summed E-state index contributed by atoms with van der Waals surface area (Å²) >= 11 is 0. The lowest BCUT2D eigenvalue weighted by Crippen LogP contribution is -2.30. The molecule has 0 aromatic rings. The average molecular weight is 1150 g/mol. The van der Waals surface area contributed by atoms with E-state index in [0.29, 0.717) is 19.3 Å². The van der Waals surface area contributed by atoms with E-state index in [1.54, 1.807) is 0 Å². The van der Waals surface area contributed by atoms with Crippen molar-refractivity contribution in [2.45, 2.75) is 348 Å². The average Bonchev–Trinajstić information content (AvgIpc) is 3.49. The molecule has 0 aliphatic rings. The molecule has 1 unspecified atom stereocenters. The molecule has 0 amide bonds. The van der Waals surface area contributed by atoms with Crippen LogP contribution in [0.1, 0.15) is 342 Å². The number of esters is 3. The molecular formula is C77H132O6. The van der Waals surface area contributed by atoms with E-state index < -0.39 is 6.10 Å². The van der Waals surface area contributed by atoms with Gasteiger partial charge in [-0.2, -0.15) is 0 Å². The quantitative estimate of drug-likeness (QED) is 0.0261. The molecule has 0 fully saturated rings. The second-order valence-electron chi connectivity index (χ2n) is 23.4. The second kappa shape index (κ2) is 70.6. The fourth-order valence-corrected chi connectivity index (χ4v) is 9.93. The molecule has 83 heavy (non-hydrogen) atoms. The first-order valence-corrected chi connectivity index (χ1v) is 35.4. The molecule has 0 saturated heterocycles. The summed E-state index contributed by atoms with van der Waals surface area (Å²) in [7, 11) is 0. The molecule has 0 N–H and O–H groups in total. The number of hydrogen-bond donors (Lipinski definition) is 0. The first-order valence-electron chi connectivity index (χ1n) is 35.4. The molecule has 0 bridgehead atoms. The highest BCUT2D eigenvalue weighted by Gasteiger charge is 2.19. The molecule has 0 aliphatic carbocycles. The van der Waals surface area contributed by atoms with Gasteiger partial charge in [0.25, 0.3) is 0 Å². The molecule has 6 nitrogen and oxygen atoms in total. The van der Waals surface area contributed by atoms with Gasteiger partial charge < -0.3 is 14.2 Å². The highest BCUT2D eigenvalue weighted by molar-refractivity contribution is 5.71. The first kappa shape index (κ1) is 79.1. The number of carbonyl (C=O) groups excluding carboxylic acids is 3. The molecule has 0 saturated carbocycles. The van der Waals surface area contributed by atoms with Gasteiger partial charge in [-0.15, -0.1) is 0 Å². The zero-order chi connectivity index (χ0) is 59.9. The van der Waals surface area contributed by atoms with Crippen LogP contribution in [0.25, 0.3) is 0 Å². The van der Waals surface area contributed by atoms with Crippen molar-refractivity contribution in [1.82, 2.24) is 0 Å². The Hall–Kier alpha value is -3.93. The Morgan fingerprint density at radius 1 is 0.253 bits per heavy atom. The van der Waals surface area contributed by atoms with Crippen molar-refractivity contribution >= 4 is 17.9 Å². The predicted octanol–water partition coefficient (Wildman–Crippen LogP) is 24.6. The van der Waals surface area contributed by atoms with Crippen molar-refractivity contribution in [3.63, 3.8) is 0 Å². The molecule has 1 atom stereocenters. The van der Waals surface area contributed by atoms with Crippen LogP contribution in [-0.2, 0) is 28.6 Å². The van der Waals surface area contributed by atoms with Gasteiger partial charge in [0.1, 0.15) is 13.2 Å². The van der Waals surface area contributed by atoms with Gasteiger partial charge in [0, 0.05) is 19.3 Å². The second-order valence-corrected chi connectivity index (χ2v) is 23.4. The summed E-state index contributed by atoms with van der Waals surface area (Å²) in [5, 5.41) is 0. The molecule has 0 radical (unpaired) electrons. The minimum atomic E-state index is -0.788. The Kier molecular flexibility index (Phi) is 67.2. The SMILES string of the molecule is CC/C=C\C/C=C\C/C=C\C/C=C\C/C=C\C/C=C\CCCCCCCCCCCCCCCCCCC(=O)OCC(COC(=O)CCCCCCC/C=C\C/C=C\CCCC)OC(=O)CCCCCCC/C=C\CCCCCCCCC. The van der Waals surface area contributed by atoms with Gasteiger partial charge in [-0.3, -0.25) is 14.4 Å². The third kappa shape index (κ3) is 68.7. The van der Waals surface area contributed by atoms with Gasteiger partial charge in [0.15, 0.2) is 6.10 Å². The predicted molar refractivity (Wildman–Crippen MR) is 362 cm³/mol. The number of carbonyl (C=O) groups is 3. The van der Waals surface area contributed by atoms with Crippen molar-refractivity contribution in [1.29, 1.82) is 0 Å². The normalized spacial score (nSPS) is 12.8. The van der Waals surface area contributed by atoms with E-state index in [4.69, 9.17) is 14.2 Å². The lowest BCUT2D eigenvalue weighted by Gasteiger charge is -2.18. The minimum absolute atomic E-state index is 0.0831. The number of ether oxygens (including phenoxy) is 3. The number of hydrogen-bond acceptors (Lipinski definition) is 6. The van der Waals surface area contributed by atoms with Crippen LogP contribution in [0.4, 0.5) is 0 Å². The molecule has 0 heterocycles. The highest BCUT2D eigenvalue weighted by atomic mass is 16.6. The van der Waals surface area contributed by atoms with E-state index in [0.717, 1.165) is 128 Å². The van der Waals surface area contributed by atoms with Crippen molar-refractivity contribution in [3.05, 3.63) is 109 Å². The van der Waals surface area contributed by atoms with Crippen molar-refractivity contribution in [2.24, 2.45) is 0 Å². The molecule has 6 heteroatoms. The van der Waals surface area contributed by atoms with E-state index in [1.165, 1.54) is 173 Å². The van der Waals surface area contributed by atoms with Crippen LogP contribution in [0.2, 0.25) is 0 Å². The summed E-state index contributed by atoms with van der Waals surface area (Å²) in [4.78, 5) is 38.4. The van der Waals surface area contributed by atoms with Crippen LogP contribution in [-0.4, -0.2) is 37.2 Å². The Morgan fingerprint density at radius 3 is 0.783 bits per heavy atom. The topological polar surface area (TPSA) is 78.9 Å². The number of allylic oxidation sites excluding steroid dienone is 18. The van der Waals surface area contributed by atoms with E-state index in [1.807, 2.05) is 0 Å². The molecular weight excluding hydrogens is 1020 g/mol. The summed E-state index contributed by atoms with van der Waals surface area (Å²) in [6.45, 7) is 6.50. The maximum absolute atomic E-state index is 12.9. The third-order valence-electron chi connectivity index (χ3n) is 15.2. The largest absolute Gasteiger partial charge is 0.462 e. The van der Waals surface area contributed by atoms with E-state index >= 15 is 0 Å². The third-order valence-corrected chi connectivity index (χ3v) is 15.2. The van der Waals surface area contributed by atoms with E-state index in [9.17, 15) is 14.4 Å². The smallest absolute Gasteiger partial charge is 0.306 e. The first-order chi connectivity index (χ1) is 41.0. The van der Waals surface area contributed by atoms with Crippen molar-refractivity contribution in [3.8, 4) is 0 Å². The highest BCUT2D eigenvalue weighted by Crippen LogP contribution is 2.17. The molecule has 0 spiro atoms. The maximum Gasteiger partial charge on any atom is 0.306 e. The lowest BCUT2D eigenvalue weighted by atomic mass is 10.0. The van der Waals surface area contributed by atoms with Crippen molar-refractivity contribution < 1.29 is 28.6 Å². The van der Waals surface area contributed by atoms with Crippen LogP contribution >= 0.6 is 0 Å². The van der Waals surface area contributed by atoms with E-state index in [2.05, 4.69) is 130 Å². The zero-order valence-electron chi connectivity index (χ0n) is 54.7. The molecule has 0 aliphatic heterocycles. The van der Waals surface area contributed by atoms with Gasteiger partial charge in [0.2, 0.25) is 0 Å². The fourth-order valence-electron chi connectivity index (χ4n) is 9.93. The van der Waals surface area contributed by atoms with Gasteiger partial charge in [-0.25, -0.2) is 0 Å². The summed E-state index contributed by atoms with van der Waals surface area (Å²) in [5.74, 6) is -0.892. The lowest BCUT2D eigenvalue weighted by molar-refractivity contribution is -0.167. The molecule has 0 aromatic carbocycles. The molecule has 476 valence electrons. The molecule has 0 rings (SSSR count). The summed E-state index contributed by atoms with van der Waals surface area (Å²) in [6.07, 6.45) is 96.9. The summed E-state index contributed by atoms with van der Waals surface area (Å²) in [5.41, 5.74) is 0. The van der Waals surface area contributed by atoms with Gasteiger partial charge in [-0.1, -0.05) is 310 Å². The van der Waals surface area contributed by atoms with Crippen molar-refractivity contribution in [2.75, 3.05) is 13.2 Å². The Bertz CT molecular complexity index is 1660. The maximum atomic E-state index is 12.9. The summed E-state index contributed by atoms with van der Waals surface area (Å²) < 4.78 is 16.9.